The summed E-state index contributed by atoms with van der Waals surface area (Å²) >= 11 is 4.36. The number of carbonyl (C=O) groups excluding carboxylic acids is 1. The van der Waals surface area contributed by atoms with Crippen LogP contribution in [0.25, 0.3) is 10.2 Å². The minimum atomic E-state index is -0.252. The predicted molar refractivity (Wildman–Crippen MR) is 108 cm³/mol. The fraction of sp³-hybridized carbons (Fsp3) is 0.111. The van der Waals surface area contributed by atoms with Crippen LogP contribution in [0.5, 0.6) is 0 Å². The van der Waals surface area contributed by atoms with Crippen molar-refractivity contribution in [2.75, 3.05) is 5.32 Å². The molecule has 0 saturated heterocycles. The van der Waals surface area contributed by atoms with Crippen molar-refractivity contribution in [3.8, 4) is 0 Å². The van der Waals surface area contributed by atoms with E-state index in [-0.39, 0.29) is 5.91 Å². The third kappa shape index (κ3) is 3.77. The summed E-state index contributed by atoms with van der Waals surface area (Å²) in [6.45, 7) is 2.10. The fourth-order valence-electron chi connectivity index (χ4n) is 2.35. The molecule has 1 N–H and O–H groups in total. The van der Waals surface area contributed by atoms with Crippen LogP contribution in [0.15, 0.2) is 52.9 Å². The van der Waals surface area contributed by atoms with Gasteiger partial charge in [-0.25, -0.2) is 4.98 Å². The van der Waals surface area contributed by atoms with Crippen LogP contribution in [0.4, 0.5) is 5.13 Å². The highest BCUT2D eigenvalue weighted by Crippen LogP contribution is 2.30. The SMILES string of the molecule is Cc1ccccc1CSc1nnc(NC(=O)c2nc3ccccc3s2)s1. The Labute approximate surface area is 162 Å². The first kappa shape index (κ1) is 17.1. The molecule has 2 heterocycles. The summed E-state index contributed by atoms with van der Waals surface area (Å²) in [5.74, 6) is 0.574. The lowest BCUT2D eigenvalue weighted by atomic mass is 10.1. The van der Waals surface area contributed by atoms with Crippen molar-refractivity contribution in [3.63, 3.8) is 0 Å². The average molecular weight is 399 g/mol. The summed E-state index contributed by atoms with van der Waals surface area (Å²) in [4.78, 5) is 16.7. The van der Waals surface area contributed by atoms with Crippen LogP contribution in [0.2, 0.25) is 0 Å². The molecule has 1 amide bonds. The number of thiazole rings is 1. The molecular formula is C18H14N4OS3. The van der Waals surface area contributed by atoms with Crippen LogP contribution in [0.1, 0.15) is 20.9 Å². The molecule has 0 bridgehead atoms. The molecule has 5 nitrogen and oxygen atoms in total. The number of amides is 1. The zero-order valence-electron chi connectivity index (χ0n) is 13.8. The smallest absolute Gasteiger partial charge is 0.286 e. The Balaban J connectivity index is 1.41. The Morgan fingerprint density at radius 3 is 2.73 bits per heavy atom. The maximum Gasteiger partial charge on any atom is 0.286 e. The van der Waals surface area contributed by atoms with Crippen molar-refractivity contribution in [3.05, 3.63) is 64.7 Å². The van der Waals surface area contributed by atoms with E-state index in [4.69, 9.17) is 0 Å². The molecule has 0 fully saturated rings. The monoisotopic (exact) mass is 398 g/mol. The molecule has 0 saturated carbocycles. The number of benzene rings is 2. The van der Waals surface area contributed by atoms with Crippen LogP contribution < -0.4 is 5.32 Å². The summed E-state index contributed by atoms with van der Waals surface area (Å²) < 4.78 is 1.82. The van der Waals surface area contributed by atoms with Crippen LogP contribution in [-0.2, 0) is 5.75 Å². The molecule has 4 aromatic rings. The van der Waals surface area contributed by atoms with E-state index < -0.39 is 0 Å². The maximum atomic E-state index is 12.4. The lowest BCUT2D eigenvalue weighted by Gasteiger charge is -2.02. The summed E-state index contributed by atoms with van der Waals surface area (Å²) in [5.41, 5.74) is 3.36. The van der Waals surface area contributed by atoms with Crippen molar-refractivity contribution in [2.24, 2.45) is 0 Å². The van der Waals surface area contributed by atoms with E-state index in [1.165, 1.54) is 33.8 Å². The number of aryl methyl sites for hydroxylation is 1. The Morgan fingerprint density at radius 2 is 1.88 bits per heavy atom. The third-order valence-electron chi connectivity index (χ3n) is 3.73. The van der Waals surface area contributed by atoms with E-state index in [2.05, 4.69) is 39.6 Å². The van der Waals surface area contributed by atoms with E-state index in [0.717, 1.165) is 20.3 Å². The molecule has 0 aliphatic heterocycles. The topological polar surface area (TPSA) is 67.8 Å². The third-order valence-corrected chi connectivity index (χ3v) is 6.78. The van der Waals surface area contributed by atoms with Gasteiger partial charge in [0.1, 0.15) is 0 Å². The number of hydrogen-bond acceptors (Lipinski definition) is 7. The number of rotatable bonds is 5. The summed E-state index contributed by atoms with van der Waals surface area (Å²) in [6, 6.07) is 16.0. The molecular weight excluding hydrogens is 384 g/mol. The Kier molecular flexibility index (Phi) is 4.96. The quantitative estimate of drug-likeness (QED) is 0.378. The van der Waals surface area contributed by atoms with Gasteiger partial charge in [-0.3, -0.25) is 10.1 Å². The van der Waals surface area contributed by atoms with E-state index >= 15 is 0 Å². The lowest BCUT2D eigenvalue weighted by molar-refractivity contribution is 0.102. The zero-order valence-corrected chi connectivity index (χ0v) is 16.3. The zero-order chi connectivity index (χ0) is 17.9. The molecule has 0 atom stereocenters. The van der Waals surface area contributed by atoms with Gasteiger partial charge in [0.25, 0.3) is 5.91 Å². The first-order chi connectivity index (χ1) is 12.7. The van der Waals surface area contributed by atoms with E-state index in [1.54, 1.807) is 11.8 Å². The second-order valence-electron chi connectivity index (χ2n) is 5.53. The number of nitrogens with zero attached hydrogens (tertiary/aromatic N) is 3. The average Bonchev–Trinajstić information content (AvgIpc) is 3.27. The lowest BCUT2D eigenvalue weighted by Crippen LogP contribution is -2.11. The first-order valence-electron chi connectivity index (χ1n) is 7.87. The largest absolute Gasteiger partial charge is 0.294 e. The van der Waals surface area contributed by atoms with Gasteiger partial charge in [-0.15, -0.1) is 21.5 Å². The van der Waals surface area contributed by atoms with E-state index in [9.17, 15) is 4.79 Å². The molecule has 4 rings (SSSR count). The van der Waals surface area contributed by atoms with Gasteiger partial charge in [-0.05, 0) is 30.2 Å². The Bertz CT molecular complexity index is 1040. The van der Waals surface area contributed by atoms with Crippen molar-refractivity contribution >= 4 is 55.7 Å². The van der Waals surface area contributed by atoms with Gasteiger partial charge in [0.2, 0.25) is 5.13 Å². The molecule has 2 aromatic carbocycles. The highest BCUT2D eigenvalue weighted by Gasteiger charge is 2.15. The fourth-order valence-corrected chi connectivity index (χ4v) is 5.03. The first-order valence-corrected chi connectivity index (χ1v) is 10.5. The second-order valence-corrected chi connectivity index (χ2v) is 8.76. The van der Waals surface area contributed by atoms with Crippen molar-refractivity contribution in [1.29, 1.82) is 0 Å². The number of fused-ring (bicyclic) bond motifs is 1. The minimum absolute atomic E-state index is 0.252. The Hall–Kier alpha value is -2.29. The van der Waals surface area contributed by atoms with E-state index in [1.807, 2.05) is 36.4 Å². The van der Waals surface area contributed by atoms with Gasteiger partial charge in [-0.2, -0.15) is 0 Å². The number of para-hydroxylation sites is 1. The number of nitrogens with one attached hydrogen (secondary N) is 1. The highest BCUT2D eigenvalue weighted by atomic mass is 32.2. The van der Waals surface area contributed by atoms with Crippen molar-refractivity contribution < 1.29 is 4.79 Å². The van der Waals surface area contributed by atoms with Crippen LogP contribution in [0.3, 0.4) is 0 Å². The molecule has 0 aliphatic rings. The van der Waals surface area contributed by atoms with Crippen molar-refractivity contribution in [1.82, 2.24) is 15.2 Å². The van der Waals surface area contributed by atoms with E-state index in [0.29, 0.717) is 10.1 Å². The van der Waals surface area contributed by atoms with Gasteiger partial charge in [0.15, 0.2) is 9.35 Å². The maximum absolute atomic E-state index is 12.4. The minimum Gasteiger partial charge on any atom is -0.294 e. The summed E-state index contributed by atoms with van der Waals surface area (Å²) in [7, 11) is 0. The van der Waals surface area contributed by atoms with Crippen molar-refractivity contribution in [2.45, 2.75) is 17.0 Å². The van der Waals surface area contributed by atoms with Crippen LogP contribution in [-0.4, -0.2) is 21.1 Å². The molecule has 130 valence electrons. The second kappa shape index (κ2) is 7.53. The van der Waals surface area contributed by atoms with Crippen LogP contribution >= 0.6 is 34.4 Å². The normalized spacial score (nSPS) is 11.0. The molecule has 0 unspecified atom stereocenters. The molecule has 0 aliphatic carbocycles. The van der Waals surface area contributed by atoms with Gasteiger partial charge in [-0.1, -0.05) is 59.5 Å². The van der Waals surface area contributed by atoms with Gasteiger partial charge >= 0.3 is 0 Å². The van der Waals surface area contributed by atoms with Gasteiger partial charge < -0.3 is 0 Å². The standard InChI is InChI=1S/C18H14N4OS3/c1-11-6-2-3-7-12(11)10-24-18-22-21-17(26-18)20-15(23)16-19-13-8-4-5-9-14(13)25-16/h2-9H,10H2,1H3,(H,20,21,23). The number of hydrogen-bond donors (Lipinski definition) is 1. The molecule has 8 heteroatoms. The number of anilines is 1. The molecule has 26 heavy (non-hydrogen) atoms. The highest BCUT2D eigenvalue weighted by molar-refractivity contribution is 8.00. The number of aromatic nitrogens is 3. The molecule has 2 aromatic heterocycles. The summed E-state index contributed by atoms with van der Waals surface area (Å²) in [5, 5.41) is 11.9. The number of thioether (sulfide) groups is 1. The molecule has 0 radical (unpaired) electrons. The van der Waals surface area contributed by atoms with Gasteiger partial charge in [0, 0.05) is 5.75 Å². The molecule has 0 spiro atoms. The van der Waals surface area contributed by atoms with Crippen LogP contribution in [0, 0.1) is 6.92 Å². The predicted octanol–water partition coefficient (Wildman–Crippen LogP) is 5.00. The Morgan fingerprint density at radius 1 is 1.08 bits per heavy atom. The summed E-state index contributed by atoms with van der Waals surface area (Å²) in [6.07, 6.45) is 0. The number of carbonyl (C=O) groups is 1. The van der Waals surface area contributed by atoms with Gasteiger partial charge in [0.05, 0.1) is 10.2 Å².